The molecule has 2 aromatic heterocycles. The molecule has 12 heavy (non-hydrogen) atoms. The van der Waals surface area contributed by atoms with Gasteiger partial charge in [0.1, 0.15) is 5.65 Å². The van der Waals surface area contributed by atoms with Gasteiger partial charge in [-0.3, -0.25) is 4.79 Å². The molecule has 4 heteroatoms. The van der Waals surface area contributed by atoms with E-state index in [0.717, 1.165) is 5.39 Å². The minimum atomic E-state index is -0.115. The predicted molar refractivity (Wildman–Crippen MR) is 49.6 cm³/mol. The molecule has 0 saturated carbocycles. The summed E-state index contributed by atoms with van der Waals surface area (Å²) in [6, 6.07) is 6.98. The van der Waals surface area contributed by atoms with Crippen LogP contribution >= 0.6 is 12.4 Å². The number of rotatable bonds is 0. The highest BCUT2D eigenvalue weighted by atomic mass is 35.5. The molecule has 62 valence electrons. The second-order valence-electron chi connectivity index (χ2n) is 2.26. The molecule has 3 nitrogen and oxygen atoms in total. The third-order valence-corrected chi connectivity index (χ3v) is 1.49. The third-order valence-electron chi connectivity index (χ3n) is 1.49. The van der Waals surface area contributed by atoms with E-state index < -0.39 is 0 Å². The van der Waals surface area contributed by atoms with E-state index in [2.05, 4.69) is 9.97 Å². The quantitative estimate of drug-likeness (QED) is 0.669. The van der Waals surface area contributed by atoms with Crippen molar-refractivity contribution in [3.8, 4) is 0 Å². The van der Waals surface area contributed by atoms with Crippen molar-refractivity contribution < 1.29 is 0 Å². The molecule has 1 N–H and O–H groups in total. The molecule has 0 aliphatic carbocycles. The summed E-state index contributed by atoms with van der Waals surface area (Å²) in [4.78, 5) is 17.4. The second kappa shape index (κ2) is 3.36. The van der Waals surface area contributed by atoms with Gasteiger partial charge in [-0.2, -0.15) is 0 Å². The Hall–Kier alpha value is -1.35. The SMILES string of the molecule is Cl.O=c1ccc2cccnc2[nH]1. The summed E-state index contributed by atoms with van der Waals surface area (Å²) in [5.74, 6) is 0. The maximum Gasteiger partial charge on any atom is 0.249 e. The van der Waals surface area contributed by atoms with Crippen LogP contribution in [0.15, 0.2) is 35.3 Å². The maximum absolute atomic E-state index is 10.8. The zero-order valence-corrected chi connectivity index (χ0v) is 6.97. The normalized spacial score (nSPS) is 9.33. The van der Waals surface area contributed by atoms with E-state index in [9.17, 15) is 4.79 Å². The van der Waals surface area contributed by atoms with Crippen LogP contribution in [-0.2, 0) is 0 Å². The van der Waals surface area contributed by atoms with Gasteiger partial charge in [-0.05, 0) is 18.2 Å². The molecule has 0 spiro atoms. The van der Waals surface area contributed by atoms with Gasteiger partial charge in [0.05, 0.1) is 0 Å². The number of halogens is 1. The average Bonchev–Trinajstić information content (AvgIpc) is 2.04. The smallest absolute Gasteiger partial charge is 0.249 e. The molecular formula is C8H7ClN2O. The Morgan fingerprint density at radius 2 is 2.08 bits per heavy atom. The number of hydrogen-bond acceptors (Lipinski definition) is 2. The Kier molecular flexibility index (Phi) is 2.45. The van der Waals surface area contributed by atoms with E-state index in [0.29, 0.717) is 5.65 Å². The Balaban J connectivity index is 0.000000720. The van der Waals surface area contributed by atoms with Gasteiger partial charge in [0, 0.05) is 17.6 Å². The van der Waals surface area contributed by atoms with Gasteiger partial charge in [0.25, 0.3) is 0 Å². The molecule has 0 aromatic carbocycles. The predicted octanol–water partition coefficient (Wildman–Crippen LogP) is 1.34. The highest BCUT2D eigenvalue weighted by molar-refractivity contribution is 5.85. The van der Waals surface area contributed by atoms with Crippen LogP contribution in [0.5, 0.6) is 0 Å². The van der Waals surface area contributed by atoms with Crippen LogP contribution in [-0.4, -0.2) is 9.97 Å². The topological polar surface area (TPSA) is 45.8 Å². The van der Waals surface area contributed by atoms with Crippen molar-refractivity contribution in [2.45, 2.75) is 0 Å². The van der Waals surface area contributed by atoms with Crippen LogP contribution < -0.4 is 5.56 Å². The van der Waals surface area contributed by atoms with Gasteiger partial charge in [-0.25, -0.2) is 4.98 Å². The summed E-state index contributed by atoms with van der Waals surface area (Å²) in [5, 5.41) is 0.951. The molecule has 2 heterocycles. The van der Waals surface area contributed by atoms with Crippen LogP contribution in [0.2, 0.25) is 0 Å². The number of H-pyrrole nitrogens is 1. The average molecular weight is 183 g/mol. The highest BCUT2D eigenvalue weighted by Gasteiger charge is 1.90. The molecule has 2 rings (SSSR count). The summed E-state index contributed by atoms with van der Waals surface area (Å²) < 4.78 is 0. The number of fused-ring (bicyclic) bond motifs is 1. The van der Waals surface area contributed by atoms with Gasteiger partial charge >= 0.3 is 0 Å². The van der Waals surface area contributed by atoms with E-state index in [-0.39, 0.29) is 18.0 Å². The Morgan fingerprint density at radius 1 is 1.25 bits per heavy atom. The maximum atomic E-state index is 10.8. The summed E-state index contributed by atoms with van der Waals surface area (Å²) in [5.41, 5.74) is 0.524. The lowest BCUT2D eigenvalue weighted by Gasteiger charge is -1.92. The molecular weight excluding hydrogens is 176 g/mol. The molecule has 2 aromatic rings. The number of pyridine rings is 2. The number of nitrogens with zero attached hydrogens (tertiary/aromatic N) is 1. The lowest BCUT2D eigenvalue weighted by molar-refractivity contribution is 1.23. The number of aromatic nitrogens is 2. The van der Waals surface area contributed by atoms with Gasteiger partial charge in [-0.15, -0.1) is 12.4 Å². The van der Waals surface area contributed by atoms with Crippen molar-refractivity contribution >= 4 is 23.4 Å². The Morgan fingerprint density at radius 3 is 2.92 bits per heavy atom. The van der Waals surface area contributed by atoms with Crippen LogP contribution in [0.3, 0.4) is 0 Å². The fourth-order valence-corrected chi connectivity index (χ4v) is 0.981. The van der Waals surface area contributed by atoms with Gasteiger partial charge in [0.2, 0.25) is 5.56 Å². The third kappa shape index (κ3) is 1.46. The first-order valence-corrected chi connectivity index (χ1v) is 3.30. The van der Waals surface area contributed by atoms with Crippen LogP contribution in [0.1, 0.15) is 0 Å². The van der Waals surface area contributed by atoms with Gasteiger partial charge < -0.3 is 4.98 Å². The zero-order valence-electron chi connectivity index (χ0n) is 6.15. The highest BCUT2D eigenvalue weighted by Crippen LogP contribution is 2.02. The summed E-state index contributed by atoms with van der Waals surface area (Å²) in [7, 11) is 0. The van der Waals surface area contributed by atoms with Crippen molar-refractivity contribution in [3.05, 3.63) is 40.8 Å². The van der Waals surface area contributed by atoms with Crippen LogP contribution in [0, 0.1) is 0 Å². The largest absolute Gasteiger partial charge is 0.307 e. The van der Waals surface area contributed by atoms with E-state index in [1.807, 2.05) is 12.1 Å². The zero-order chi connectivity index (χ0) is 7.68. The monoisotopic (exact) mass is 182 g/mol. The van der Waals surface area contributed by atoms with Crippen LogP contribution in [0.25, 0.3) is 11.0 Å². The molecule has 0 amide bonds. The number of hydrogen-bond donors (Lipinski definition) is 1. The van der Waals surface area contributed by atoms with E-state index in [1.54, 1.807) is 12.3 Å². The van der Waals surface area contributed by atoms with Crippen molar-refractivity contribution in [1.82, 2.24) is 9.97 Å². The van der Waals surface area contributed by atoms with E-state index in [1.165, 1.54) is 6.07 Å². The van der Waals surface area contributed by atoms with Gasteiger partial charge in [0.15, 0.2) is 0 Å². The first kappa shape index (κ1) is 8.74. The summed E-state index contributed by atoms with van der Waals surface area (Å²) in [6.07, 6.45) is 1.65. The van der Waals surface area contributed by atoms with Gasteiger partial charge in [-0.1, -0.05) is 0 Å². The standard InChI is InChI=1S/C8H6N2O.ClH/c11-7-4-3-6-2-1-5-9-8(6)10-7;/h1-5H,(H,9,10,11);1H. The van der Waals surface area contributed by atoms with Crippen molar-refractivity contribution in [1.29, 1.82) is 0 Å². The number of aromatic amines is 1. The summed E-state index contributed by atoms with van der Waals surface area (Å²) in [6.45, 7) is 0. The van der Waals surface area contributed by atoms with E-state index >= 15 is 0 Å². The van der Waals surface area contributed by atoms with Crippen molar-refractivity contribution in [2.75, 3.05) is 0 Å². The first-order valence-electron chi connectivity index (χ1n) is 3.30. The first-order chi connectivity index (χ1) is 5.36. The molecule has 0 saturated heterocycles. The molecule has 0 fully saturated rings. The minimum absolute atomic E-state index is 0. The molecule has 0 atom stereocenters. The molecule has 0 bridgehead atoms. The van der Waals surface area contributed by atoms with Crippen LogP contribution in [0.4, 0.5) is 0 Å². The fourth-order valence-electron chi connectivity index (χ4n) is 0.981. The van der Waals surface area contributed by atoms with Crippen molar-refractivity contribution in [2.24, 2.45) is 0 Å². The Labute approximate surface area is 74.9 Å². The molecule has 0 aliphatic rings. The fraction of sp³-hybridized carbons (Fsp3) is 0. The Bertz CT molecular complexity index is 438. The van der Waals surface area contributed by atoms with Crippen molar-refractivity contribution in [3.63, 3.8) is 0 Å². The molecule has 0 unspecified atom stereocenters. The second-order valence-corrected chi connectivity index (χ2v) is 2.26. The summed E-state index contributed by atoms with van der Waals surface area (Å²) >= 11 is 0. The number of nitrogens with one attached hydrogen (secondary N) is 1. The minimum Gasteiger partial charge on any atom is -0.307 e. The molecule has 0 aliphatic heterocycles. The lowest BCUT2D eigenvalue weighted by Crippen LogP contribution is -2.02. The lowest BCUT2D eigenvalue weighted by atomic mass is 10.3. The molecule has 0 radical (unpaired) electrons. The van der Waals surface area contributed by atoms with E-state index in [4.69, 9.17) is 0 Å².